The summed E-state index contributed by atoms with van der Waals surface area (Å²) in [5, 5.41) is 7.87. The summed E-state index contributed by atoms with van der Waals surface area (Å²) in [6.45, 7) is 6.70. The SMILES string of the molecule is CCOC(=O)c1nnc(C)n1CCc1ccccc1C. The van der Waals surface area contributed by atoms with Gasteiger partial charge in [-0.3, -0.25) is 0 Å². The maximum Gasteiger partial charge on any atom is 0.376 e. The van der Waals surface area contributed by atoms with E-state index in [0.717, 1.165) is 12.2 Å². The molecule has 20 heavy (non-hydrogen) atoms. The van der Waals surface area contributed by atoms with Crippen LogP contribution in [0.15, 0.2) is 24.3 Å². The fourth-order valence-electron chi connectivity index (χ4n) is 2.12. The fraction of sp³-hybridized carbons (Fsp3) is 0.400. The van der Waals surface area contributed by atoms with E-state index in [0.29, 0.717) is 13.2 Å². The third-order valence-electron chi connectivity index (χ3n) is 3.26. The Kier molecular flexibility index (Phi) is 4.50. The Balaban J connectivity index is 2.15. The molecule has 0 unspecified atom stereocenters. The van der Waals surface area contributed by atoms with Gasteiger partial charge in [0.1, 0.15) is 5.82 Å². The lowest BCUT2D eigenvalue weighted by atomic mass is 10.1. The number of ether oxygens (including phenoxy) is 1. The molecule has 5 heteroatoms. The Bertz CT molecular complexity index is 605. The molecule has 0 saturated heterocycles. The summed E-state index contributed by atoms with van der Waals surface area (Å²) in [6.07, 6.45) is 0.831. The molecule has 1 heterocycles. The number of nitrogens with zero attached hydrogens (tertiary/aromatic N) is 3. The first-order valence-corrected chi connectivity index (χ1v) is 6.75. The van der Waals surface area contributed by atoms with Crippen molar-refractivity contribution in [1.29, 1.82) is 0 Å². The molecule has 0 amide bonds. The summed E-state index contributed by atoms with van der Waals surface area (Å²) >= 11 is 0. The predicted molar refractivity (Wildman–Crippen MR) is 75.6 cm³/mol. The van der Waals surface area contributed by atoms with Crippen LogP contribution in [-0.4, -0.2) is 27.3 Å². The Morgan fingerprint density at radius 2 is 2.00 bits per heavy atom. The average Bonchev–Trinajstić information content (AvgIpc) is 2.79. The van der Waals surface area contributed by atoms with E-state index < -0.39 is 5.97 Å². The summed E-state index contributed by atoms with van der Waals surface area (Å²) in [7, 11) is 0. The number of carbonyl (C=O) groups excluding carboxylic acids is 1. The lowest BCUT2D eigenvalue weighted by Crippen LogP contribution is -2.15. The van der Waals surface area contributed by atoms with Crippen LogP contribution in [-0.2, 0) is 17.7 Å². The minimum absolute atomic E-state index is 0.276. The second-order valence-corrected chi connectivity index (χ2v) is 4.62. The second-order valence-electron chi connectivity index (χ2n) is 4.62. The smallest absolute Gasteiger partial charge is 0.376 e. The first-order valence-electron chi connectivity index (χ1n) is 6.75. The lowest BCUT2D eigenvalue weighted by molar-refractivity contribution is 0.0505. The molecular formula is C15H19N3O2. The van der Waals surface area contributed by atoms with Crippen LogP contribution in [0.4, 0.5) is 0 Å². The summed E-state index contributed by atoms with van der Waals surface area (Å²) in [5.41, 5.74) is 2.51. The highest BCUT2D eigenvalue weighted by Gasteiger charge is 2.17. The van der Waals surface area contributed by atoms with Crippen LogP contribution >= 0.6 is 0 Å². The van der Waals surface area contributed by atoms with Crippen LogP contribution in [0.25, 0.3) is 0 Å². The quantitative estimate of drug-likeness (QED) is 0.784. The summed E-state index contributed by atoms with van der Waals surface area (Å²) in [5.74, 6) is 0.581. The fourth-order valence-corrected chi connectivity index (χ4v) is 2.12. The van der Waals surface area contributed by atoms with Crippen molar-refractivity contribution in [3.63, 3.8) is 0 Å². The summed E-state index contributed by atoms with van der Waals surface area (Å²) in [4.78, 5) is 11.8. The van der Waals surface area contributed by atoms with Crippen LogP contribution in [0.5, 0.6) is 0 Å². The number of benzene rings is 1. The molecule has 2 aromatic rings. The zero-order valence-corrected chi connectivity index (χ0v) is 12.1. The van der Waals surface area contributed by atoms with Crippen molar-refractivity contribution in [3.8, 4) is 0 Å². The lowest BCUT2D eigenvalue weighted by Gasteiger charge is -2.09. The maximum absolute atomic E-state index is 11.8. The molecule has 0 spiro atoms. The number of carbonyl (C=O) groups is 1. The van der Waals surface area contributed by atoms with Crippen molar-refractivity contribution in [3.05, 3.63) is 47.0 Å². The molecule has 0 saturated carbocycles. The van der Waals surface area contributed by atoms with E-state index in [2.05, 4.69) is 29.3 Å². The van der Waals surface area contributed by atoms with Crippen molar-refractivity contribution >= 4 is 5.97 Å². The van der Waals surface area contributed by atoms with Crippen molar-refractivity contribution in [2.24, 2.45) is 0 Å². The predicted octanol–water partition coefficient (Wildman–Crippen LogP) is 2.31. The highest BCUT2D eigenvalue weighted by Crippen LogP contribution is 2.11. The van der Waals surface area contributed by atoms with Gasteiger partial charge in [0.2, 0.25) is 5.82 Å². The maximum atomic E-state index is 11.8. The van der Waals surface area contributed by atoms with Gasteiger partial charge in [-0.15, -0.1) is 10.2 Å². The topological polar surface area (TPSA) is 57.0 Å². The van der Waals surface area contributed by atoms with E-state index in [1.165, 1.54) is 11.1 Å². The summed E-state index contributed by atoms with van der Waals surface area (Å²) < 4.78 is 6.81. The molecule has 1 aromatic carbocycles. The van der Waals surface area contributed by atoms with Gasteiger partial charge in [0.15, 0.2) is 0 Å². The molecule has 0 bridgehead atoms. The highest BCUT2D eigenvalue weighted by atomic mass is 16.5. The zero-order chi connectivity index (χ0) is 14.5. The van der Waals surface area contributed by atoms with E-state index in [4.69, 9.17) is 4.74 Å². The van der Waals surface area contributed by atoms with Crippen LogP contribution in [0.2, 0.25) is 0 Å². The van der Waals surface area contributed by atoms with Gasteiger partial charge >= 0.3 is 5.97 Å². The van der Waals surface area contributed by atoms with Gasteiger partial charge in [0.25, 0.3) is 0 Å². The normalized spacial score (nSPS) is 10.6. The molecule has 1 aromatic heterocycles. The summed E-state index contributed by atoms with van der Waals surface area (Å²) in [6, 6.07) is 8.22. The van der Waals surface area contributed by atoms with E-state index >= 15 is 0 Å². The van der Waals surface area contributed by atoms with Gasteiger partial charge in [-0.1, -0.05) is 24.3 Å². The molecule has 2 rings (SSSR count). The number of rotatable bonds is 5. The van der Waals surface area contributed by atoms with Gasteiger partial charge in [0, 0.05) is 6.54 Å². The van der Waals surface area contributed by atoms with Crippen molar-refractivity contribution in [1.82, 2.24) is 14.8 Å². The number of hydrogen-bond donors (Lipinski definition) is 0. The van der Waals surface area contributed by atoms with E-state index in [1.807, 2.05) is 23.6 Å². The first-order chi connectivity index (χ1) is 9.63. The molecule has 5 nitrogen and oxygen atoms in total. The molecule has 0 aliphatic heterocycles. The largest absolute Gasteiger partial charge is 0.460 e. The van der Waals surface area contributed by atoms with Crippen molar-refractivity contribution in [2.75, 3.05) is 6.61 Å². The van der Waals surface area contributed by atoms with Gasteiger partial charge in [-0.2, -0.15) is 0 Å². The molecule has 0 atom stereocenters. The first kappa shape index (κ1) is 14.2. The average molecular weight is 273 g/mol. The van der Waals surface area contributed by atoms with Crippen LogP contribution in [0.1, 0.15) is 34.5 Å². The molecular weight excluding hydrogens is 254 g/mol. The molecule has 0 N–H and O–H groups in total. The minimum Gasteiger partial charge on any atom is -0.460 e. The Morgan fingerprint density at radius 3 is 2.70 bits per heavy atom. The van der Waals surface area contributed by atoms with E-state index in [9.17, 15) is 4.79 Å². The van der Waals surface area contributed by atoms with Gasteiger partial charge < -0.3 is 9.30 Å². The van der Waals surface area contributed by atoms with E-state index in [-0.39, 0.29) is 5.82 Å². The zero-order valence-electron chi connectivity index (χ0n) is 12.1. The second kappa shape index (κ2) is 6.32. The van der Waals surface area contributed by atoms with Crippen molar-refractivity contribution in [2.45, 2.75) is 33.7 Å². The third-order valence-corrected chi connectivity index (χ3v) is 3.26. The Morgan fingerprint density at radius 1 is 1.25 bits per heavy atom. The molecule has 0 aliphatic carbocycles. The number of aryl methyl sites for hydroxylation is 3. The molecule has 0 fully saturated rings. The van der Waals surface area contributed by atoms with Gasteiger partial charge in [0.05, 0.1) is 6.61 Å². The van der Waals surface area contributed by atoms with Gasteiger partial charge in [-0.25, -0.2) is 4.79 Å². The Hall–Kier alpha value is -2.17. The van der Waals surface area contributed by atoms with Crippen LogP contribution in [0, 0.1) is 13.8 Å². The van der Waals surface area contributed by atoms with Crippen LogP contribution in [0.3, 0.4) is 0 Å². The molecule has 106 valence electrons. The number of esters is 1. The molecule has 0 radical (unpaired) electrons. The van der Waals surface area contributed by atoms with Gasteiger partial charge in [-0.05, 0) is 38.3 Å². The third kappa shape index (κ3) is 3.04. The standard InChI is InChI=1S/C15H19N3O2/c1-4-20-15(19)14-17-16-12(3)18(14)10-9-13-8-6-5-7-11(13)2/h5-8H,4,9-10H2,1-3H3. The number of hydrogen-bond acceptors (Lipinski definition) is 4. The van der Waals surface area contributed by atoms with Crippen LogP contribution < -0.4 is 0 Å². The van der Waals surface area contributed by atoms with Crippen molar-refractivity contribution < 1.29 is 9.53 Å². The highest BCUT2D eigenvalue weighted by molar-refractivity contribution is 5.85. The number of aromatic nitrogens is 3. The minimum atomic E-state index is -0.419. The molecule has 0 aliphatic rings. The van der Waals surface area contributed by atoms with E-state index in [1.54, 1.807) is 6.92 Å². The Labute approximate surface area is 118 Å². The monoisotopic (exact) mass is 273 g/mol.